The molecule has 0 spiro atoms. The molecule has 0 aromatic carbocycles. The van der Waals surface area contributed by atoms with Crippen molar-refractivity contribution in [1.29, 1.82) is 0 Å². The Labute approximate surface area is 98.3 Å². The molecule has 0 aliphatic carbocycles. The summed E-state index contributed by atoms with van der Waals surface area (Å²) in [4.78, 5) is 13.5. The maximum atomic E-state index is 11.6. The molecule has 0 aromatic heterocycles. The molecule has 0 rings (SSSR count). The number of nitrogens with zero attached hydrogens (tertiary/aromatic N) is 1. The summed E-state index contributed by atoms with van der Waals surface area (Å²) in [5.74, 6) is 0.0135. The first-order chi connectivity index (χ1) is 7.24. The molecule has 0 bridgehead atoms. The molecule has 0 radical (unpaired) electrons. The van der Waals surface area contributed by atoms with E-state index in [2.05, 4.69) is 5.32 Å². The Bertz CT molecular complexity index is 214. The number of methoxy groups -OCH3 is 1. The molecule has 1 amide bonds. The summed E-state index contributed by atoms with van der Waals surface area (Å²) < 4.78 is 4.94. The lowest BCUT2D eigenvalue weighted by atomic mass is 10.1. The highest BCUT2D eigenvalue weighted by Crippen LogP contribution is 1.98. The number of hydrogen-bond donors (Lipinski definition) is 2. The van der Waals surface area contributed by atoms with Crippen LogP contribution >= 0.6 is 0 Å². The third kappa shape index (κ3) is 8.64. The first kappa shape index (κ1) is 15.3. The minimum Gasteiger partial charge on any atom is -0.383 e. The van der Waals surface area contributed by atoms with Crippen molar-refractivity contribution >= 4 is 5.91 Å². The molecule has 0 saturated heterocycles. The number of nitrogens with two attached hydrogens (primary N) is 1. The Kier molecular flexibility index (Phi) is 6.55. The molecular formula is C11H25N3O2. The highest BCUT2D eigenvalue weighted by atomic mass is 16.5. The smallest absolute Gasteiger partial charge is 0.234 e. The second-order valence-electron chi connectivity index (χ2n) is 5.21. The predicted molar refractivity (Wildman–Crippen MR) is 65.2 cm³/mol. The van der Waals surface area contributed by atoms with E-state index in [0.717, 1.165) is 0 Å². The van der Waals surface area contributed by atoms with Gasteiger partial charge in [-0.2, -0.15) is 0 Å². The van der Waals surface area contributed by atoms with Crippen LogP contribution in [0, 0.1) is 0 Å². The van der Waals surface area contributed by atoms with Crippen LogP contribution in [0.4, 0.5) is 0 Å². The van der Waals surface area contributed by atoms with Gasteiger partial charge < -0.3 is 15.8 Å². The van der Waals surface area contributed by atoms with Gasteiger partial charge in [-0.25, -0.2) is 0 Å². The zero-order valence-corrected chi connectivity index (χ0v) is 11.0. The van der Waals surface area contributed by atoms with Crippen molar-refractivity contribution in [2.75, 3.05) is 33.9 Å². The van der Waals surface area contributed by atoms with Crippen molar-refractivity contribution in [3.63, 3.8) is 0 Å². The average molecular weight is 231 g/mol. The van der Waals surface area contributed by atoms with Gasteiger partial charge in [-0.15, -0.1) is 0 Å². The predicted octanol–water partition coefficient (Wildman–Crippen LogP) is -0.193. The van der Waals surface area contributed by atoms with E-state index in [4.69, 9.17) is 10.5 Å². The van der Waals surface area contributed by atoms with Gasteiger partial charge in [-0.05, 0) is 27.8 Å². The fraction of sp³-hybridized carbons (Fsp3) is 0.909. The van der Waals surface area contributed by atoms with E-state index < -0.39 is 0 Å². The van der Waals surface area contributed by atoms with Crippen molar-refractivity contribution in [2.45, 2.75) is 32.4 Å². The van der Waals surface area contributed by atoms with Crippen molar-refractivity contribution in [3.05, 3.63) is 0 Å². The zero-order chi connectivity index (χ0) is 12.8. The maximum absolute atomic E-state index is 11.6. The molecule has 5 nitrogen and oxygen atoms in total. The maximum Gasteiger partial charge on any atom is 0.234 e. The summed E-state index contributed by atoms with van der Waals surface area (Å²) >= 11 is 0. The Hall–Kier alpha value is -0.650. The summed E-state index contributed by atoms with van der Waals surface area (Å²) in [5.41, 5.74) is 5.60. The van der Waals surface area contributed by atoms with E-state index in [1.54, 1.807) is 7.11 Å². The van der Waals surface area contributed by atoms with E-state index in [9.17, 15) is 4.79 Å². The molecule has 1 atom stereocenters. The minimum atomic E-state index is -0.188. The fourth-order valence-corrected chi connectivity index (χ4v) is 1.43. The number of carbonyl (C=O) groups excluding carboxylic acids is 1. The van der Waals surface area contributed by atoms with E-state index in [-0.39, 0.29) is 17.5 Å². The molecule has 0 saturated carbocycles. The number of ether oxygens (including phenoxy) is 1. The molecule has 16 heavy (non-hydrogen) atoms. The van der Waals surface area contributed by atoms with Crippen LogP contribution in [0.15, 0.2) is 0 Å². The largest absolute Gasteiger partial charge is 0.383 e. The van der Waals surface area contributed by atoms with Crippen molar-refractivity contribution in [3.8, 4) is 0 Å². The Morgan fingerprint density at radius 3 is 2.50 bits per heavy atom. The number of amides is 1. The summed E-state index contributed by atoms with van der Waals surface area (Å²) in [5, 5.41) is 2.90. The van der Waals surface area contributed by atoms with Gasteiger partial charge in [0.1, 0.15) is 0 Å². The van der Waals surface area contributed by atoms with E-state index in [1.807, 2.05) is 32.7 Å². The monoisotopic (exact) mass is 231 g/mol. The van der Waals surface area contributed by atoms with Crippen LogP contribution in [0.1, 0.15) is 20.8 Å². The van der Waals surface area contributed by atoms with E-state index >= 15 is 0 Å². The number of carbonyl (C=O) groups is 1. The zero-order valence-electron chi connectivity index (χ0n) is 11.0. The van der Waals surface area contributed by atoms with Crippen LogP contribution in [0.25, 0.3) is 0 Å². The Morgan fingerprint density at radius 1 is 1.50 bits per heavy atom. The molecule has 1 unspecified atom stereocenters. The van der Waals surface area contributed by atoms with Gasteiger partial charge in [0.15, 0.2) is 0 Å². The number of likely N-dealkylation sites (N-methyl/N-ethyl adjacent to an activating group) is 1. The van der Waals surface area contributed by atoms with Crippen LogP contribution in [-0.2, 0) is 9.53 Å². The normalized spacial score (nSPS) is 13.9. The van der Waals surface area contributed by atoms with Crippen molar-refractivity contribution in [1.82, 2.24) is 10.2 Å². The van der Waals surface area contributed by atoms with Crippen LogP contribution in [0.2, 0.25) is 0 Å². The third-order valence-corrected chi connectivity index (χ3v) is 1.85. The lowest BCUT2D eigenvalue weighted by Gasteiger charge is -2.24. The van der Waals surface area contributed by atoms with E-state index in [0.29, 0.717) is 19.7 Å². The number of rotatable bonds is 6. The van der Waals surface area contributed by atoms with Crippen LogP contribution < -0.4 is 11.1 Å². The highest BCUT2D eigenvalue weighted by Gasteiger charge is 2.16. The fourth-order valence-electron chi connectivity index (χ4n) is 1.43. The molecule has 0 aliphatic rings. The van der Waals surface area contributed by atoms with Crippen molar-refractivity contribution in [2.24, 2.45) is 5.73 Å². The van der Waals surface area contributed by atoms with E-state index in [1.165, 1.54) is 0 Å². The van der Waals surface area contributed by atoms with Crippen molar-refractivity contribution < 1.29 is 9.53 Å². The lowest BCUT2D eigenvalue weighted by molar-refractivity contribution is -0.123. The molecule has 0 aromatic rings. The molecule has 0 heterocycles. The first-order valence-corrected chi connectivity index (χ1v) is 5.48. The number of hydrogen-bond acceptors (Lipinski definition) is 4. The molecule has 3 N–H and O–H groups in total. The SMILES string of the molecule is COCC(N)CN(C)CC(=O)NC(C)(C)C. The average Bonchev–Trinajstić information content (AvgIpc) is 1.98. The summed E-state index contributed by atoms with van der Waals surface area (Å²) in [7, 11) is 3.49. The van der Waals surface area contributed by atoms with Gasteiger partial charge >= 0.3 is 0 Å². The quantitative estimate of drug-likeness (QED) is 0.665. The Morgan fingerprint density at radius 2 is 2.06 bits per heavy atom. The minimum absolute atomic E-state index is 0.0135. The standard InChI is InChI=1S/C11H25N3O2/c1-11(2,3)13-10(15)7-14(4)6-9(12)8-16-5/h9H,6-8,12H2,1-5H3,(H,13,15). The van der Waals surface area contributed by atoms with Gasteiger partial charge in [0.05, 0.1) is 13.2 Å². The van der Waals surface area contributed by atoms with Gasteiger partial charge in [-0.1, -0.05) is 0 Å². The van der Waals surface area contributed by atoms with Crippen LogP contribution in [-0.4, -0.2) is 56.2 Å². The summed E-state index contributed by atoms with van der Waals surface area (Å²) in [6.07, 6.45) is 0. The summed E-state index contributed by atoms with van der Waals surface area (Å²) in [6.45, 7) is 7.38. The second kappa shape index (κ2) is 6.83. The molecule has 0 fully saturated rings. The molecular weight excluding hydrogens is 206 g/mol. The Balaban J connectivity index is 3.87. The number of nitrogens with one attached hydrogen (secondary N) is 1. The topological polar surface area (TPSA) is 67.6 Å². The first-order valence-electron chi connectivity index (χ1n) is 5.48. The highest BCUT2D eigenvalue weighted by molar-refractivity contribution is 5.78. The van der Waals surface area contributed by atoms with Crippen LogP contribution in [0.5, 0.6) is 0 Å². The molecule has 5 heteroatoms. The molecule has 96 valence electrons. The van der Waals surface area contributed by atoms with Gasteiger partial charge in [0.25, 0.3) is 0 Å². The van der Waals surface area contributed by atoms with Crippen LogP contribution in [0.3, 0.4) is 0 Å². The third-order valence-electron chi connectivity index (χ3n) is 1.85. The van der Waals surface area contributed by atoms with Gasteiger partial charge in [0, 0.05) is 25.2 Å². The lowest BCUT2D eigenvalue weighted by Crippen LogP contribution is -2.47. The second-order valence-corrected chi connectivity index (χ2v) is 5.21. The van der Waals surface area contributed by atoms with Gasteiger partial charge in [0.2, 0.25) is 5.91 Å². The van der Waals surface area contributed by atoms with Gasteiger partial charge in [-0.3, -0.25) is 9.69 Å². The molecule has 0 aliphatic heterocycles. The summed E-state index contributed by atoms with van der Waals surface area (Å²) in [6, 6.07) is -0.0579.